The van der Waals surface area contributed by atoms with Crippen molar-refractivity contribution < 1.29 is 52.2 Å². The van der Waals surface area contributed by atoms with Crippen LogP contribution in [0, 0.1) is 0 Å². The Bertz CT molecular complexity index is 1500. The zero-order chi connectivity index (χ0) is 31.7. The second-order valence-electron chi connectivity index (χ2n) is 10.7. The van der Waals surface area contributed by atoms with Crippen molar-refractivity contribution in [3.8, 4) is 17.2 Å². The molecule has 0 bridgehead atoms. The summed E-state index contributed by atoms with van der Waals surface area (Å²) in [5, 5.41) is 4.67. The molecule has 1 aliphatic heterocycles. The summed E-state index contributed by atoms with van der Waals surface area (Å²) in [6, 6.07) is 7.59. The number of nitrogens with zero attached hydrogens (tertiary/aromatic N) is 2. The molecule has 2 aromatic rings. The molecule has 10 heteroatoms. The van der Waals surface area contributed by atoms with Gasteiger partial charge in [0.25, 0.3) is 5.91 Å². The number of carbonyl (C=O) groups excluding carboxylic acids is 4. The summed E-state index contributed by atoms with van der Waals surface area (Å²) in [4.78, 5) is 51.2. The molecule has 0 unspecified atom stereocenters. The second-order valence-corrected chi connectivity index (χ2v) is 10.7. The third-order valence-electron chi connectivity index (χ3n) is 6.53. The van der Waals surface area contributed by atoms with E-state index in [4.69, 9.17) is 14.2 Å². The Kier molecular flexibility index (Phi) is 13.7. The van der Waals surface area contributed by atoms with Gasteiger partial charge < -0.3 is 24.4 Å². The number of hydrogen-bond donors (Lipinski definition) is 0. The van der Waals surface area contributed by atoms with Crippen LogP contribution in [0.4, 0.5) is 17.1 Å². The molecule has 0 atom stereocenters. The topological polar surface area (TPSA) is 113 Å². The van der Waals surface area contributed by atoms with Gasteiger partial charge in [-0.25, -0.2) is 0 Å². The van der Waals surface area contributed by atoms with E-state index in [2.05, 4.69) is 38.2 Å². The van der Waals surface area contributed by atoms with Crippen LogP contribution in [0.5, 0.6) is 17.2 Å². The number of benzene rings is 2. The molecule has 0 radical (unpaired) electrons. The Morgan fingerprint density at radius 2 is 1.34 bits per heavy atom. The van der Waals surface area contributed by atoms with E-state index < -0.39 is 23.8 Å². The van der Waals surface area contributed by atoms with Gasteiger partial charge in [0.15, 0.2) is 0 Å². The minimum absolute atomic E-state index is 0. The number of hydrogen-bond acceptors (Lipinski definition) is 7. The average molecular weight is 595 g/mol. The van der Waals surface area contributed by atoms with Crippen LogP contribution >= 0.6 is 0 Å². The smallest absolute Gasteiger partial charge is 0.649 e. The molecule has 1 amide bonds. The summed E-state index contributed by atoms with van der Waals surface area (Å²) < 4.78 is 16.1. The Morgan fingerprint density at radius 1 is 0.750 bits per heavy atom. The molecule has 0 N–H and O–H groups in total. The van der Waals surface area contributed by atoms with Crippen LogP contribution in [0.2, 0.25) is 0 Å². The summed E-state index contributed by atoms with van der Waals surface area (Å²) in [5.41, 5.74) is 4.46. The van der Waals surface area contributed by atoms with Gasteiger partial charge in [0, 0.05) is 50.7 Å². The van der Waals surface area contributed by atoms with Gasteiger partial charge in [0.05, 0.1) is 0 Å². The molecule has 1 aliphatic rings. The third-order valence-corrected chi connectivity index (χ3v) is 6.53. The van der Waals surface area contributed by atoms with Crippen molar-refractivity contribution in [3.63, 3.8) is 0 Å². The zero-order valence-electron chi connectivity index (χ0n) is 26.9. The summed E-state index contributed by atoms with van der Waals surface area (Å²) in [6.07, 6.45) is 10.1. The van der Waals surface area contributed by atoms with E-state index >= 15 is 0 Å². The number of amides is 1. The molecule has 0 aromatic heterocycles. The van der Waals surface area contributed by atoms with Gasteiger partial charge in [0.2, 0.25) is 0 Å². The van der Waals surface area contributed by atoms with E-state index in [1.165, 1.54) is 55.0 Å². The predicted molar refractivity (Wildman–Crippen MR) is 167 cm³/mol. The van der Waals surface area contributed by atoms with Gasteiger partial charge in [-0.15, -0.1) is 0 Å². The second kappa shape index (κ2) is 16.7. The number of rotatable bonds is 11. The van der Waals surface area contributed by atoms with Crippen molar-refractivity contribution >= 4 is 40.9 Å². The molecule has 1 heterocycles. The largest absolute Gasteiger partial charge is 1.00 e. The van der Waals surface area contributed by atoms with E-state index in [9.17, 15) is 19.2 Å². The predicted octanol–water partition coefficient (Wildman–Crippen LogP) is 5.18. The van der Waals surface area contributed by atoms with Crippen LogP contribution in [0.25, 0.3) is 5.32 Å². The molecule has 228 valence electrons. The fraction of sp³-hybridized carbons (Fsp3) is 0.353. The zero-order valence-corrected chi connectivity index (χ0v) is 26.9. The van der Waals surface area contributed by atoms with Crippen molar-refractivity contribution in [1.29, 1.82) is 0 Å². The van der Waals surface area contributed by atoms with Crippen LogP contribution < -0.4 is 38.0 Å². The standard InChI is InChI=1S/C34H40N2O7.Li/c1-21(2)11-8-12-22(3)13-9-14-23(4)17-18-36-29-19-27(41-24(5)37)20-31(43-26(7)39)33(29)35-32-28(34(36)40)15-10-16-30(32)42-25(6)38;/h10-11,13,15-17,19-20H,8-9,12,14,18H2,1-7H3,(H,35,40);/q;+1/p-1/b22-13+,23-17+;. The monoisotopic (exact) mass is 594 g/mol. The fourth-order valence-electron chi connectivity index (χ4n) is 4.53. The molecule has 44 heavy (non-hydrogen) atoms. The quantitative estimate of drug-likeness (QED) is 0.152. The van der Waals surface area contributed by atoms with E-state index in [1.807, 2.05) is 13.0 Å². The minimum atomic E-state index is -0.632. The van der Waals surface area contributed by atoms with E-state index in [-0.39, 0.29) is 65.3 Å². The normalized spacial score (nSPS) is 12.5. The van der Waals surface area contributed by atoms with Crippen molar-refractivity contribution in [2.24, 2.45) is 0 Å². The van der Waals surface area contributed by atoms with Crippen molar-refractivity contribution in [2.75, 3.05) is 11.4 Å². The SMILES string of the molecule is CC(=O)Oc1cc(OC(C)=O)c2c(c1)N(C/C=C(\C)CC/C=C(\C)CCC=C(C)C)C(=O)c1cccc(OC(C)=O)c1[N-]2.[Li+]. The van der Waals surface area contributed by atoms with Crippen LogP contribution in [0.3, 0.4) is 0 Å². The first-order valence-electron chi connectivity index (χ1n) is 14.2. The number of allylic oxidation sites excluding steroid dienone is 5. The van der Waals surface area contributed by atoms with Crippen LogP contribution in [-0.4, -0.2) is 30.4 Å². The molecular formula is C34H39LiN2O7. The maximum Gasteiger partial charge on any atom is 1.00 e. The molecule has 0 saturated heterocycles. The maximum absolute atomic E-state index is 14.0. The third kappa shape index (κ3) is 10.3. The summed E-state index contributed by atoms with van der Waals surface area (Å²) in [5.74, 6) is -2.06. The van der Waals surface area contributed by atoms with Gasteiger partial charge in [-0.05, 0) is 59.4 Å². The van der Waals surface area contributed by atoms with E-state index in [0.29, 0.717) is 0 Å². The van der Waals surface area contributed by atoms with Crippen molar-refractivity contribution in [1.82, 2.24) is 0 Å². The first-order chi connectivity index (χ1) is 20.3. The molecule has 9 nitrogen and oxygen atoms in total. The summed E-state index contributed by atoms with van der Waals surface area (Å²) >= 11 is 0. The van der Waals surface area contributed by atoms with Gasteiger partial charge in [-0.2, -0.15) is 0 Å². The molecule has 0 aliphatic carbocycles. The number of esters is 3. The molecular weight excluding hydrogens is 555 g/mol. The fourth-order valence-corrected chi connectivity index (χ4v) is 4.53. The van der Waals surface area contributed by atoms with Crippen LogP contribution in [-0.2, 0) is 14.4 Å². The first kappa shape index (κ1) is 36.1. The Hall–Kier alpha value is -4.06. The van der Waals surface area contributed by atoms with Gasteiger partial charge in [0.1, 0.15) is 17.2 Å². The van der Waals surface area contributed by atoms with Crippen LogP contribution in [0.1, 0.15) is 84.5 Å². The summed E-state index contributed by atoms with van der Waals surface area (Å²) in [7, 11) is 0. The number of para-hydroxylation sites is 1. The summed E-state index contributed by atoms with van der Waals surface area (Å²) in [6.45, 7) is 12.2. The molecule has 0 saturated carbocycles. The maximum atomic E-state index is 14.0. The average Bonchev–Trinajstić information content (AvgIpc) is 3.01. The molecule has 0 spiro atoms. The van der Waals surface area contributed by atoms with Gasteiger partial charge in [-0.1, -0.05) is 58.5 Å². The van der Waals surface area contributed by atoms with E-state index in [0.717, 1.165) is 31.3 Å². The first-order valence-corrected chi connectivity index (χ1v) is 14.2. The van der Waals surface area contributed by atoms with E-state index in [1.54, 1.807) is 12.1 Å². The number of ether oxygens (including phenoxy) is 3. The van der Waals surface area contributed by atoms with Gasteiger partial charge >= 0.3 is 36.8 Å². The number of anilines is 1. The molecule has 3 rings (SSSR count). The van der Waals surface area contributed by atoms with Crippen LogP contribution in [0.15, 0.2) is 65.3 Å². The number of fused-ring (bicyclic) bond motifs is 2. The Labute approximate surface area is 271 Å². The minimum Gasteiger partial charge on any atom is -0.649 e. The molecule has 2 aromatic carbocycles. The van der Waals surface area contributed by atoms with Crippen molar-refractivity contribution in [2.45, 2.75) is 74.1 Å². The Balaban J connectivity index is 0.00000675. The molecule has 0 fully saturated rings. The van der Waals surface area contributed by atoms with Gasteiger partial charge in [-0.3, -0.25) is 19.2 Å². The Morgan fingerprint density at radius 3 is 1.95 bits per heavy atom. The van der Waals surface area contributed by atoms with Crippen molar-refractivity contribution in [3.05, 3.63) is 76.2 Å². The number of carbonyl (C=O) groups is 4.